The average molecular weight is 513 g/mol. The van der Waals surface area contributed by atoms with E-state index in [2.05, 4.69) is 135 Å². The van der Waals surface area contributed by atoms with Crippen molar-refractivity contribution in [3.05, 3.63) is 158 Å². The van der Waals surface area contributed by atoms with Gasteiger partial charge in [-0.25, -0.2) is 0 Å². The van der Waals surface area contributed by atoms with E-state index in [0.717, 1.165) is 11.1 Å². The van der Waals surface area contributed by atoms with Crippen molar-refractivity contribution in [1.82, 2.24) is 0 Å². The molecule has 0 N–H and O–H groups in total. The van der Waals surface area contributed by atoms with Gasteiger partial charge in [-0.2, -0.15) is 0 Å². The Bertz CT molecular complexity index is 1790. The molecule has 0 aliphatic heterocycles. The van der Waals surface area contributed by atoms with Gasteiger partial charge in [0.15, 0.2) is 0 Å². The van der Waals surface area contributed by atoms with Gasteiger partial charge in [0, 0.05) is 0 Å². The van der Waals surface area contributed by atoms with Crippen LogP contribution in [-0.4, -0.2) is 0 Å². The molecule has 0 radical (unpaired) electrons. The molecule has 0 aliphatic carbocycles. The fourth-order valence-corrected chi connectivity index (χ4v) is 5.83. The predicted octanol–water partition coefficient (Wildman–Crippen LogP) is 11.7. The van der Waals surface area contributed by atoms with Crippen LogP contribution < -0.4 is 0 Å². The van der Waals surface area contributed by atoms with Gasteiger partial charge in [0.25, 0.3) is 0 Å². The third kappa shape index (κ3) is 4.38. The van der Waals surface area contributed by atoms with Crippen molar-refractivity contribution >= 4 is 43.5 Å². The van der Waals surface area contributed by atoms with Gasteiger partial charge < -0.3 is 0 Å². The van der Waals surface area contributed by atoms with Crippen LogP contribution in [-0.2, 0) is 0 Å². The summed E-state index contributed by atoms with van der Waals surface area (Å²) in [7, 11) is 0. The number of allylic oxidation sites excluding steroid dienone is 6. The largest absolute Gasteiger partial charge is 0.0985 e. The van der Waals surface area contributed by atoms with E-state index in [1.54, 1.807) is 0 Å². The molecule has 0 bridgehead atoms. The second-order valence-electron chi connectivity index (χ2n) is 10.1. The Morgan fingerprint density at radius 1 is 0.425 bits per heavy atom. The van der Waals surface area contributed by atoms with Crippen LogP contribution in [0.2, 0.25) is 0 Å². The van der Waals surface area contributed by atoms with Gasteiger partial charge in [-0.05, 0) is 103 Å². The molecule has 0 saturated carbocycles. The molecular formula is C40H32. The van der Waals surface area contributed by atoms with E-state index in [0.29, 0.717) is 0 Å². The lowest BCUT2D eigenvalue weighted by molar-refractivity contribution is 1.58. The highest BCUT2D eigenvalue weighted by atomic mass is 14.2. The molecule has 0 unspecified atom stereocenters. The van der Waals surface area contributed by atoms with Crippen molar-refractivity contribution in [2.75, 3.05) is 0 Å². The van der Waals surface area contributed by atoms with E-state index in [4.69, 9.17) is 0 Å². The number of hydrogen-bond donors (Lipinski definition) is 0. The first kappa shape index (κ1) is 25.3. The first-order valence-corrected chi connectivity index (χ1v) is 13.8. The maximum Gasteiger partial charge on any atom is -0.00928 e. The standard InChI is InChI=1S/C40H32/c1-5-27(6-2)29-13-17-31(18-14-29)33-21-23-37-38-24-22-34(32-19-15-30(16-20-32)28(7-3)8-4)26-40(38)36-12-10-9-11-35(36)39(37)25-33/h5-26H,1,3H2,2,4H3/b27-6+,28-8+. The van der Waals surface area contributed by atoms with E-state index in [1.165, 1.54) is 65.7 Å². The highest BCUT2D eigenvalue weighted by Crippen LogP contribution is 2.39. The molecule has 0 amide bonds. The van der Waals surface area contributed by atoms with Gasteiger partial charge in [0.2, 0.25) is 0 Å². The molecule has 0 aliphatic rings. The fraction of sp³-hybridized carbons (Fsp3) is 0.0500. The minimum absolute atomic E-state index is 1.15. The minimum Gasteiger partial charge on any atom is -0.0985 e. The Labute approximate surface area is 236 Å². The number of rotatable bonds is 6. The van der Waals surface area contributed by atoms with Crippen molar-refractivity contribution in [2.24, 2.45) is 0 Å². The summed E-state index contributed by atoms with van der Waals surface area (Å²) in [5.41, 5.74) is 9.55. The molecule has 0 spiro atoms. The highest BCUT2D eigenvalue weighted by Gasteiger charge is 2.11. The zero-order valence-corrected chi connectivity index (χ0v) is 23.1. The average Bonchev–Trinajstić information content (AvgIpc) is 3.02. The molecule has 0 nitrogen and oxygen atoms in total. The summed E-state index contributed by atoms with van der Waals surface area (Å²) in [4.78, 5) is 0. The SMILES string of the molecule is C=C/C(=C\C)c1ccc(-c2ccc3c4ccc(-c5ccc(/C(C=C)=C/C)cc5)cc4c4ccccc4c3c2)cc1. The van der Waals surface area contributed by atoms with E-state index in [9.17, 15) is 0 Å². The first-order chi connectivity index (χ1) is 19.6. The predicted molar refractivity (Wildman–Crippen MR) is 178 cm³/mol. The Balaban J connectivity index is 1.48. The van der Waals surface area contributed by atoms with Crippen molar-refractivity contribution in [2.45, 2.75) is 13.8 Å². The minimum atomic E-state index is 1.15. The summed E-state index contributed by atoms with van der Waals surface area (Å²) >= 11 is 0. The lowest BCUT2D eigenvalue weighted by Crippen LogP contribution is -1.87. The summed E-state index contributed by atoms with van der Waals surface area (Å²) in [6, 6.07) is 40.1. The Kier molecular flexibility index (Phi) is 6.76. The van der Waals surface area contributed by atoms with Crippen LogP contribution in [0.15, 0.2) is 147 Å². The molecule has 6 aromatic rings. The summed E-state index contributed by atoms with van der Waals surface area (Å²) in [5.74, 6) is 0. The van der Waals surface area contributed by atoms with Gasteiger partial charge in [0.05, 0.1) is 0 Å². The van der Waals surface area contributed by atoms with Gasteiger partial charge in [-0.15, -0.1) is 0 Å². The van der Waals surface area contributed by atoms with E-state index in [1.807, 2.05) is 26.0 Å². The topological polar surface area (TPSA) is 0 Å². The zero-order valence-electron chi connectivity index (χ0n) is 23.1. The van der Waals surface area contributed by atoms with E-state index in [-0.39, 0.29) is 0 Å². The molecular weight excluding hydrogens is 480 g/mol. The third-order valence-electron chi connectivity index (χ3n) is 8.00. The maximum absolute atomic E-state index is 3.94. The zero-order chi connectivity index (χ0) is 27.6. The van der Waals surface area contributed by atoms with Crippen LogP contribution in [0.3, 0.4) is 0 Å². The lowest BCUT2D eigenvalue weighted by Gasteiger charge is -2.14. The molecule has 0 atom stereocenters. The van der Waals surface area contributed by atoms with Gasteiger partial charge in [-0.3, -0.25) is 0 Å². The van der Waals surface area contributed by atoms with Crippen molar-refractivity contribution in [3.8, 4) is 22.3 Å². The molecule has 40 heavy (non-hydrogen) atoms. The molecule has 0 saturated heterocycles. The van der Waals surface area contributed by atoms with Gasteiger partial charge in [-0.1, -0.05) is 135 Å². The van der Waals surface area contributed by atoms with Crippen molar-refractivity contribution in [1.29, 1.82) is 0 Å². The number of fused-ring (bicyclic) bond motifs is 6. The summed E-state index contributed by atoms with van der Waals surface area (Å²) in [5, 5.41) is 7.69. The normalized spacial score (nSPS) is 12.2. The second kappa shape index (κ2) is 10.7. The summed E-state index contributed by atoms with van der Waals surface area (Å²) < 4.78 is 0. The van der Waals surface area contributed by atoms with Crippen LogP contribution in [0.4, 0.5) is 0 Å². The van der Waals surface area contributed by atoms with Crippen molar-refractivity contribution in [3.63, 3.8) is 0 Å². The Hall–Kier alpha value is -4.94. The molecule has 0 heterocycles. The number of hydrogen-bond acceptors (Lipinski definition) is 0. The second-order valence-corrected chi connectivity index (χ2v) is 10.1. The number of benzene rings is 6. The molecule has 0 fully saturated rings. The third-order valence-corrected chi connectivity index (χ3v) is 8.00. The van der Waals surface area contributed by atoms with Crippen LogP contribution >= 0.6 is 0 Å². The fourth-order valence-electron chi connectivity index (χ4n) is 5.83. The monoisotopic (exact) mass is 512 g/mol. The Morgan fingerprint density at radius 3 is 1.12 bits per heavy atom. The first-order valence-electron chi connectivity index (χ1n) is 13.8. The molecule has 0 aromatic heterocycles. The molecule has 0 heteroatoms. The van der Waals surface area contributed by atoms with Crippen LogP contribution in [0.25, 0.3) is 65.7 Å². The van der Waals surface area contributed by atoms with Crippen LogP contribution in [0.1, 0.15) is 25.0 Å². The molecule has 192 valence electrons. The Morgan fingerprint density at radius 2 is 0.775 bits per heavy atom. The molecule has 6 rings (SSSR count). The van der Waals surface area contributed by atoms with Gasteiger partial charge in [0.1, 0.15) is 0 Å². The molecule has 6 aromatic carbocycles. The van der Waals surface area contributed by atoms with E-state index >= 15 is 0 Å². The lowest BCUT2D eigenvalue weighted by atomic mass is 9.90. The van der Waals surface area contributed by atoms with Crippen LogP contribution in [0, 0.1) is 0 Å². The van der Waals surface area contributed by atoms with E-state index < -0.39 is 0 Å². The quantitative estimate of drug-likeness (QED) is 0.154. The highest BCUT2D eigenvalue weighted by molar-refractivity contribution is 6.26. The van der Waals surface area contributed by atoms with Crippen LogP contribution in [0.5, 0.6) is 0 Å². The maximum atomic E-state index is 3.94. The van der Waals surface area contributed by atoms with Crippen molar-refractivity contribution < 1.29 is 0 Å². The van der Waals surface area contributed by atoms with Gasteiger partial charge >= 0.3 is 0 Å². The summed E-state index contributed by atoms with van der Waals surface area (Å²) in [6.07, 6.45) is 8.01. The smallest absolute Gasteiger partial charge is 0.00928 e. The summed E-state index contributed by atoms with van der Waals surface area (Å²) in [6.45, 7) is 12.0.